The Morgan fingerprint density at radius 1 is 1.22 bits per heavy atom. The number of aryl methyl sites for hydroxylation is 1. The molecule has 0 saturated carbocycles. The number of sulfonamides is 1. The Balaban J connectivity index is 2.45. The average molecular weight is 270 g/mol. The van der Waals surface area contributed by atoms with E-state index in [9.17, 15) is 8.42 Å². The van der Waals surface area contributed by atoms with Crippen molar-refractivity contribution in [3.05, 3.63) is 29.8 Å². The van der Waals surface area contributed by atoms with Crippen molar-refractivity contribution in [1.29, 1.82) is 0 Å². The molecular weight excluding hydrogens is 248 g/mol. The molecule has 0 aliphatic carbocycles. The molecule has 0 spiro atoms. The molecule has 1 aromatic rings. The van der Waals surface area contributed by atoms with E-state index in [1.165, 1.54) is 17.5 Å². The molecule has 102 valence electrons. The number of nitrogens with zero attached hydrogens (tertiary/aromatic N) is 1. The molecule has 1 N–H and O–H groups in total. The van der Waals surface area contributed by atoms with Crippen molar-refractivity contribution in [1.82, 2.24) is 4.72 Å². The molecule has 0 amide bonds. The van der Waals surface area contributed by atoms with E-state index in [1.54, 1.807) is 0 Å². The second kappa shape index (κ2) is 6.75. The van der Waals surface area contributed by atoms with Gasteiger partial charge in [-0.25, -0.2) is 13.1 Å². The fraction of sp³-hybridized carbons (Fsp3) is 0.538. The lowest BCUT2D eigenvalue weighted by molar-refractivity contribution is 0.584. The molecule has 0 aliphatic heterocycles. The van der Waals surface area contributed by atoms with Crippen LogP contribution < -0.4 is 9.62 Å². The molecule has 0 heterocycles. The zero-order chi connectivity index (χ0) is 13.6. The van der Waals surface area contributed by atoms with Crippen LogP contribution in [0.2, 0.25) is 0 Å². The van der Waals surface area contributed by atoms with Crippen LogP contribution in [0.5, 0.6) is 0 Å². The molecule has 0 aliphatic rings. The van der Waals surface area contributed by atoms with Crippen LogP contribution in [0, 0.1) is 6.92 Å². The Bertz CT molecular complexity index is 454. The number of rotatable bonds is 7. The maximum absolute atomic E-state index is 10.9. The largest absolute Gasteiger partial charge is 0.372 e. The summed E-state index contributed by atoms with van der Waals surface area (Å²) in [5.41, 5.74) is 2.43. The number of benzene rings is 1. The van der Waals surface area contributed by atoms with Crippen LogP contribution in [0.1, 0.15) is 18.9 Å². The second-order valence-corrected chi connectivity index (χ2v) is 6.27. The summed E-state index contributed by atoms with van der Waals surface area (Å²) < 4.78 is 24.4. The van der Waals surface area contributed by atoms with Crippen LogP contribution in [0.25, 0.3) is 0 Å². The predicted molar refractivity (Wildman–Crippen MR) is 76.5 cm³/mol. The van der Waals surface area contributed by atoms with Gasteiger partial charge in [0.05, 0.1) is 6.26 Å². The third-order valence-corrected chi connectivity index (χ3v) is 3.48. The van der Waals surface area contributed by atoms with E-state index in [0.717, 1.165) is 19.5 Å². The van der Waals surface area contributed by atoms with E-state index in [-0.39, 0.29) is 0 Å². The van der Waals surface area contributed by atoms with Crippen molar-refractivity contribution in [3.63, 3.8) is 0 Å². The molecule has 0 atom stereocenters. The van der Waals surface area contributed by atoms with E-state index in [2.05, 4.69) is 47.7 Å². The Morgan fingerprint density at radius 2 is 1.83 bits per heavy atom. The summed E-state index contributed by atoms with van der Waals surface area (Å²) in [6, 6.07) is 8.38. The first-order valence-electron chi connectivity index (χ1n) is 6.18. The lowest BCUT2D eigenvalue weighted by Crippen LogP contribution is -2.29. The first-order chi connectivity index (χ1) is 8.42. The summed E-state index contributed by atoms with van der Waals surface area (Å²) in [6.07, 6.45) is 1.99. The van der Waals surface area contributed by atoms with Crippen molar-refractivity contribution < 1.29 is 8.42 Å². The highest BCUT2D eigenvalue weighted by Gasteiger charge is 2.04. The lowest BCUT2D eigenvalue weighted by atomic mass is 10.2. The van der Waals surface area contributed by atoms with Gasteiger partial charge < -0.3 is 4.90 Å². The molecule has 5 heteroatoms. The van der Waals surface area contributed by atoms with Gasteiger partial charge in [0.15, 0.2) is 0 Å². The zero-order valence-corrected chi connectivity index (χ0v) is 12.1. The molecule has 0 saturated heterocycles. The standard InChI is InChI=1S/C13H22N2O2S/c1-4-15(11-5-10-14-18(3,16)17)13-8-6-12(2)7-9-13/h6-9,14H,4-5,10-11H2,1-3H3. The second-order valence-electron chi connectivity index (χ2n) is 4.44. The molecule has 1 rings (SSSR count). The van der Waals surface area contributed by atoms with Crippen LogP contribution in [-0.2, 0) is 10.0 Å². The monoisotopic (exact) mass is 270 g/mol. The molecule has 18 heavy (non-hydrogen) atoms. The highest BCUT2D eigenvalue weighted by atomic mass is 32.2. The molecular formula is C13H22N2O2S. The lowest BCUT2D eigenvalue weighted by Gasteiger charge is -2.23. The van der Waals surface area contributed by atoms with Crippen LogP contribution in [0.4, 0.5) is 5.69 Å². The molecule has 0 unspecified atom stereocenters. The van der Waals surface area contributed by atoms with Crippen molar-refractivity contribution in [2.45, 2.75) is 20.3 Å². The highest BCUT2D eigenvalue weighted by Crippen LogP contribution is 2.14. The molecule has 0 aromatic heterocycles. The number of anilines is 1. The quantitative estimate of drug-likeness (QED) is 0.768. The first-order valence-corrected chi connectivity index (χ1v) is 8.08. The maximum atomic E-state index is 10.9. The number of hydrogen-bond donors (Lipinski definition) is 1. The van der Waals surface area contributed by atoms with Gasteiger partial charge in [-0.2, -0.15) is 0 Å². The minimum Gasteiger partial charge on any atom is -0.372 e. The van der Waals surface area contributed by atoms with Gasteiger partial charge in [-0.3, -0.25) is 0 Å². The third-order valence-electron chi connectivity index (χ3n) is 2.75. The van der Waals surface area contributed by atoms with Crippen molar-refractivity contribution in [2.24, 2.45) is 0 Å². The van der Waals surface area contributed by atoms with Gasteiger partial charge in [-0.05, 0) is 32.4 Å². The van der Waals surface area contributed by atoms with E-state index in [1.807, 2.05) is 0 Å². The van der Waals surface area contributed by atoms with Gasteiger partial charge in [0, 0.05) is 25.3 Å². The van der Waals surface area contributed by atoms with Gasteiger partial charge in [-0.15, -0.1) is 0 Å². The Kier molecular flexibility index (Phi) is 5.62. The van der Waals surface area contributed by atoms with E-state index in [4.69, 9.17) is 0 Å². The molecule has 1 aromatic carbocycles. The first kappa shape index (κ1) is 15.0. The molecule has 0 fully saturated rings. The van der Waals surface area contributed by atoms with Gasteiger partial charge in [0.1, 0.15) is 0 Å². The molecule has 0 bridgehead atoms. The van der Waals surface area contributed by atoms with Gasteiger partial charge >= 0.3 is 0 Å². The fourth-order valence-corrected chi connectivity index (χ4v) is 2.27. The van der Waals surface area contributed by atoms with Gasteiger partial charge in [0.25, 0.3) is 0 Å². The van der Waals surface area contributed by atoms with Gasteiger partial charge in [-0.1, -0.05) is 17.7 Å². The van der Waals surface area contributed by atoms with E-state index < -0.39 is 10.0 Å². The summed E-state index contributed by atoms with van der Waals surface area (Å²) in [6.45, 7) is 6.42. The fourth-order valence-electron chi connectivity index (χ4n) is 1.75. The highest BCUT2D eigenvalue weighted by molar-refractivity contribution is 7.88. The average Bonchev–Trinajstić information content (AvgIpc) is 2.29. The Morgan fingerprint density at radius 3 is 2.33 bits per heavy atom. The van der Waals surface area contributed by atoms with Crippen molar-refractivity contribution in [2.75, 3.05) is 30.8 Å². The summed E-state index contributed by atoms with van der Waals surface area (Å²) >= 11 is 0. The third kappa shape index (κ3) is 5.51. The van der Waals surface area contributed by atoms with E-state index in [0.29, 0.717) is 6.54 Å². The topological polar surface area (TPSA) is 49.4 Å². The maximum Gasteiger partial charge on any atom is 0.208 e. The summed E-state index contributed by atoms with van der Waals surface area (Å²) in [7, 11) is -3.07. The van der Waals surface area contributed by atoms with Crippen LogP contribution in [0.3, 0.4) is 0 Å². The van der Waals surface area contributed by atoms with E-state index >= 15 is 0 Å². The summed E-state index contributed by atoms with van der Waals surface area (Å²) in [4.78, 5) is 2.24. The van der Waals surface area contributed by atoms with Gasteiger partial charge in [0.2, 0.25) is 10.0 Å². The van der Waals surface area contributed by atoms with Crippen LogP contribution in [-0.4, -0.2) is 34.3 Å². The molecule has 4 nitrogen and oxygen atoms in total. The van der Waals surface area contributed by atoms with Crippen molar-refractivity contribution >= 4 is 15.7 Å². The predicted octanol–water partition coefficient (Wildman–Crippen LogP) is 1.76. The summed E-state index contributed by atoms with van der Waals surface area (Å²) in [5, 5.41) is 0. The number of nitrogens with one attached hydrogen (secondary N) is 1. The SMILES string of the molecule is CCN(CCCNS(C)(=O)=O)c1ccc(C)cc1. The zero-order valence-electron chi connectivity index (χ0n) is 11.3. The molecule has 0 radical (unpaired) electrons. The smallest absolute Gasteiger partial charge is 0.208 e. The minimum atomic E-state index is -3.07. The Labute approximate surface area is 110 Å². The normalized spacial score (nSPS) is 11.5. The Hall–Kier alpha value is -1.07. The van der Waals surface area contributed by atoms with Crippen LogP contribution in [0.15, 0.2) is 24.3 Å². The summed E-state index contributed by atoms with van der Waals surface area (Å²) in [5.74, 6) is 0. The van der Waals surface area contributed by atoms with Crippen LogP contribution >= 0.6 is 0 Å². The minimum absolute atomic E-state index is 0.487. The van der Waals surface area contributed by atoms with Crippen molar-refractivity contribution in [3.8, 4) is 0 Å². The number of hydrogen-bond acceptors (Lipinski definition) is 3.